The first kappa shape index (κ1) is 20.8. The second kappa shape index (κ2) is 9.45. The summed E-state index contributed by atoms with van der Waals surface area (Å²) < 4.78 is 0. The van der Waals surface area contributed by atoms with E-state index in [1.165, 1.54) is 33.6 Å². The SMILES string of the molecule is C=CCc1ccc(C(CC)(CC)c2ccc(CC=C)cc2NC)c(NC)c1. The summed E-state index contributed by atoms with van der Waals surface area (Å²) in [5.41, 5.74) is 7.65. The van der Waals surface area contributed by atoms with Crippen molar-refractivity contribution in [3.63, 3.8) is 0 Å². The highest BCUT2D eigenvalue weighted by atomic mass is 14.8. The van der Waals surface area contributed by atoms with Crippen molar-refractivity contribution in [1.82, 2.24) is 0 Å². The van der Waals surface area contributed by atoms with E-state index in [0.29, 0.717) is 0 Å². The van der Waals surface area contributed by atoms with Crippen molar-refractivity contribution < 1.29 is 0 Å². The number of nitrogens with one attached hydrogen (secondary N) is 2. The summed E-state index contributed by atoms with van der Waals surface area (Å²) in [6.45, 7) is 12.3. The Kier molecular flexibility index (Phi) is 7.29. The molecule has 0 radical (unpaired) electrons. The second-order valence-electron chi connectivity index (χ2n) is 7.03. The molecule has 0 aliphatic heterocycles. The Morgan fingerprint density at radius 2 is 1.19 bits per heavy atom. The molecule has 0 atom stereocenters. The summed E-state index contributed by atoms with van der Waals surface area (Å²) in [4.78, 5) is 0. The van der Waals surface area contributed by atoms with Crippen LogP contribution >= 0.6 is 0 Å². The third-order valence-corrected chi connectivity index (χ3v) is 5.70. The summed E-state index contributed by atoms with van der Waals surface area (Å²) in [6, 6.07) is 13.6. The van der Waals surface area contributed by atoms with Crippen LogP contribution in [0.2, 0.25) is 0 Å². The van der Waals surface area contributed by atoms with E-state index in [1.807, 2.05) is 26.2 Å². The van der Waals surface area contributed by atoms with Crippen LogP contribution in [0.25, 0.3) is 0 Å². The number of anilines is 2. The maximum absolute atomic E-state index is 3.87. The Bertz CT molecular complexity index is 721. The minimum Gasteiger partial charge on any atom is -0.388 e. The molecule has 2 N–H and O–H groups in total. The minimum atomic E-state index is -0.0455. The first-order valence-electron chi connectivity index (χ1n) is 9.94. The molecule has 0 saturated carbocycles. The monoisotopic (exact) mass is 362 g/mol. The average molecular weight is 363 g/mol. The van der Waals surface area contributed by atoms with Crippen LogP contribution in [0.15, 0.2) is 61.7 Å². The molecule has 0 aliphatic rings. The molecule has 144 valence electrons. The topological polar surface area (TPSA) is 24.1 Å². The zero-order chi connectivity index (χ0) is 19.9. The zero-order valence-corrected chi connectivity index (χ0v) is 17.4. The van der Waals surface area contributed by atoms with Gasteiger partial charge in [-0.15, -0.1) is 13.2 Å². The van der Waals surface area contributed by atoms with Crippen molar-refractivity contribution in [3.05, 3.63) is 84.0 Å². The van der Waals surface area contributed by atoms with E-state index in [1.54, 1.807) is 0 Å². The number of rotatable bonds is 10. The highest BCUT2D eigenvalue weighted by Crippen LogP contribution is 2.45. The van der Waals surface area contributed by atoms with Crippen molar-refractivity contribution in [1.29, 1.82) is 0 Å². The molecular weight excluding hydrogens is 328 g/mol. The van der Waals surface area contributed by atoms with Crippen LogP contribution in [-0.2, 0) is 18.3 Å². The summed E-state index contributed by atoms with van der Waals surface area (Å²) in [5, 5.41) is 6.88. The summed E-state index contributed by atoms with van der Waals surface area (Å²) >= 11 is 0. The van der Waals surface area contributed by atoms with Gasteiger partial charge in [-0.05, 0) is 60.1 Å². The quantitative estimate of drug-likeness (QED) is 0.482. The minimum absolute atomic E-state index is 0.0455. The van der Waals surface area contributed by atoms with Crippen LogP contribution in [0, 0.1) is 0 Å². The maximum atomic E-state index is 3.87. The molecule has 2 aromatic rings. The second-order valence-corrected chi connectivity index (χ2v) is 7.03. The molecule has 0 spiro atoms. The van der Waals surface area contributed by atoms with Gasteiger partial charge >= 0.3 is 0 Å². The first-order valence-corrected chi connectivity index (χ1v) is 9.94. The van der Waals surface area contributed by atoms with Crippen molar-refractivity contribution in [2.24, 2.45) is 0 Å². The zero-order valence-electron chi connectivity index (χ0n) is 17.4. The van der Waals surface area contributed by atoms with Gasteiger partial charge < -0.3 is 10.6 Å². The molecule has 0 fully saturated rings. The molecular formula is C25H34N2. The van der Waals surface area contributed by atoms with Gasteiger partial charge in [-0.3, -0.25) is 0 Å². The number of hydrogen-bond acceptors (Lipinski definition) is 2. The molecule has 2 rings (SSSR count). The molecule has 0 amide bonds. The Balaban J connectivity index is 2.68. The normalized spacial score (nSPS) is 11.1. The maximum Gasteiger partial charge on any atom is 0.0382 e. The summed E-state index contributed by atoms with van der Waals surface area (Å²) in [5.74, 6) is 0. The predicted molar refractivity (Wildman–Crippen MR) is 121 cm³/mol. The van der Waals surface area contributed by atoms with E-state index < -0.39 is 0 Å². The average Bonchev–Trinajstić information content (AvgIpc) is 2.71. The molecule has 0 unspecified atom stereocenters. The van der Waals surface area contributed by atoms with Crippen LogP contribution in [-0.4, -0.2) is 14.1 Å². The Morgan fingerprint density at radius 1 is 0.778 bits per heavy atom. The van der Waals surface area contributed by atoms with E-state index in [-0.39, 0.29) is 5.41 Å². The van der Waals surface area contributed by atoms with Crippen molar-refractivity contribution in [2.75, 3.05) is 24.7 Å². The van der Waals surface area contributed by atoms with Gasteiger partial charge in [-0.25, -0.2) is 0 Å². The molecule has 27 heavy (non-hydrogen) atoms. The summed E-state index contributed by atoms with van der Waals surface area (Å²) in [7, 11) is 4.03. The van der Waals surface area contributed by atoms with E-state index >= 15 is 0 Å². The van der Waals surface area contributed by atoms with E-state index in [4.69, 9.17) is 0 Å². The largest absolute Gasteiger partial charge is 0.388 e. The van der Waals surface area contributed by atoms with Crippen LogP contribution in [0.5, 0.6) is 0 Å². The van der Waals surface area contributed by atoms with Gasteiger partial charge in [0.2, 0.25) is 0 Å². The van der Waals surface area contributed by atoms with Gasteiger partial charge in [0.1, 0.15) is 0 Å². The molecule has 0 aromatic heterocycles. The fraction of sp³-hybridized carbons (Fsp3) is 0.360. The predicted octanol–water partition coefficient (Wildman–Crippen LogP) is 6.33. The molecule has 2 heteroatoms. The van der Waals surface area contributed by atoms with Gasteiger partial charge in [-0.1, -0.05) is 50.3 Å². The lowest BCUT2D eigenvalue weighted by molar-refractivity contribution is 0.481. The van der Waals surface area contributed by atoms with Crippen LogP contribution in [0.3, 0.4) is 0 Å². The first-order chi connectivity index (χ1) is 13.1. The van der Waals surface area contributed by atoms with E-state index in [9.17, 15) is 0 Å². The van der Waals surface area contributed by atoms with Gasteiger partial charge in [0.15, 0.2) is 0 Å². The number of hydrogen-bond donors (Lipinski definition) is 2. The molecule has 2 aromatic carbocycles. The molecule has 0 bridgehead atoms. The Hall–Kier alpha value is -2.48. The van der Waals surface area contributed by atoms with Gasteiger partial charge in [-0.2, -0.15) is 0 Å². The van der Waals surface area contributed by atoms with E-state index in [2.05, 4.69) is 74.0 Å². The molecule has 0 heterocycles. The van der Waals surface area contributed by atoms with Crippen molar-refractivity contribution >= 4 is 11.4 Å². The fourth-order valence-electron chi connectivity index (χ4n) is 4.18. The molecule has 0 saturated heterocycles. The number of benzene rings is 2. The highest BCUT2D eigenvalue weighted by molar-refractivity contribution is 5.65. The van der Waals surface area contributed by atoms with Crippen molar-refractivity contribution in [2.45, 2.75) is 44.9 Å². The number of allylic oxidation sites excluding steroid dienone is 2. The summed E-state index contributed by atoms with van der Waals surface area (Å²) in [6.07, 6.45) is 7.76. The van der Waals surface area contributed by atoms with E-state index in [0.717, 1.165) is 25.7 Å². The fourth-order valence-corrected chi connectivity index (χ4v) is 4.18. The Morgan fingerprint density at radius 3 is 1.48 bits per heavy atom. The van der Waals surface area contributed by atoms with Crippen molar-refractivity contribution in [3.8, 4) is 0 Å². The van der Waals surface area contributed by atoms with Gasteiger partial charge in [0.05, 0.1) is 0 Å². The smallest absolute Gasteiger partial charge is 0.0382 e. The lowest BCUT2D eigenvalue weighted by Gasteiger charge is -2.36. The van der Waals surface area contributed by atoms with Crippen LogP contribution in [0.1, 0.15) is 48.9 Å². The highest BCUT2D eigenvalue weighted by Gasteiger charge is 2.34. The lowest BCUT2D eigenvalue weighted by atomic mass is 9.69. The molecule has 2 nitrogen and oxygen atoms in total. The van der Waals surface area contributed by atoms with Gasteiger partial charge in [0.25, 0.3) is 0 Å². The van der Waals surface area contributed by atoms with Gasteiger partial charge in [0, 0.05) is 30.9 Å². The van der Waals surface area contributed by atoms with Crippen LogP contribution in [0.4, 0.5) is 11.4 Å². The third-order valence-electron chi connectivity index (χ3n) is 5.70. The lowest BCUT2D eigenvalue weighted by Crippen LogP contribution is -2.28. The molecule has 0 aliphatic carbocycles. The Labute approximate surface area is 165 Å². The standard InChI is InChI=1S/C25H34N2/c1-7-11-19-13-15-21(23(17-19)26-5)25(9-3,10-4)22-16-14-20(12-8-2)18-24(22)27-6/h7-8,13-18,26-27H,1-2,9-12H2,3-6H3. The van der Waals surface area contributed by atoms with Crippen LogP contribution < -0.4 is 10.6 Å². The third kappa shape index (κ3) is 4.10.